The summed E-state index contributed by atoms with van der Waals surface area (Å²) in [6.07, 6.45) is 1.83. The van der Waals surface area contributed by atoms with E-state index in [0.29, 0.717) is 35.4 Å². The van der Waals surface area contributed by atoms with Crippen molar-refractivity contribution in [3.8, 4) is 0 Å². The summed E-state index contributed by atoms with van der Waals surface area (Å²) in [5.74, 6) is 0.0562. The molecule has 1 saturated heterocycles. The molecule has 32 heavy (non-hydrogen) atoms. The lowest BCUT2D eigenvalue weighted by molar-refractivity contribution is 0.0578. The molecule has 1 heterocycles. The fraction of sp³-hybridized carbons (Fsp3) is 0.417. The smallest absolute Gasteiger partial charge is 0.316 e. The average Bonchev–Trinajstić information content (AvgIpc) is 2.79. The van der Waals surface area contributed by atoms with E-state index >= 15 is 0 Å². The van der Waals surface area contributed by atoms with E-state index in [9.17, 15) is 9.59 Å². The van der Waals surface area contributed by atoms with E-state index in [4.69, 9.17) is 17.3 Å². The van der Waals surface area contributed by atoms with E-state index in [1.165, 1.54) is 0 Å². The number of nitrogens with two attached hydrogens (primary N) is 1. The molecule has 4 N–H and O–H groups in total. The third-order valence-electron chi connectivity index (χ3n) is 5.94. The standard InChI is InChI=1S/C24H32ClN5O2/c1-3-18-4-9-21(22(16-18)28-24(26)32)27-11-10-17(2)29-12-14-30(15-13-29)23(31)19-5-7-20(25)8-6-19/h4-9,16-17,27H,3,10-15H2,1-2H3,(H3,26,28,32)/t17-/m1/s1. The van der Waals surface area contributed by atoms with E-state index in [0.717, 1.165) is 43.7 Å². The number of nitrogens with zero attached hydrogens (tertiary/aromatic N) is 2. The zero-order valence-electron chi connectivity index (χ0n) is 18.7. The first-order valence-electron chi connectivity index (χ1n) is 11.1. The van der Waals surface area contributed by atoms with Gasteiger partial charge in [0.1, 0.15) is 0 Å². The number of anilines is 2. The van der Waals surface area contributed by atoms with Crippen molar-refractivity contribution < 1.29 is 9.59 Å². The summed E-state index contributed by atoms with van der Waals surface area (Å²) in [6.45, 7) is 8.17. The quantitative estimate of drug-likeness (QED) is 0.558. The van der Waals surface area contributed by atoms with Crippen molar-refractivity contribution in [2.45, 2.75) is 32.7 Å². The Hall–Kier alpha value is -2.77. The number of hydrogen-bond donors (Lipinski definition) is 3. The van der Waals surface area contributed by atoms with Crippen molar-refractivity contribution in [3.05, 3.63) is 58.6 Å². The molecule has 0 aliphatic carbocycles. The number of amides is 3. The van der Waals surface area contributed by atoms with E-state index in [1.807, 2.05) is 17.0 Å². The van der Waals surface area contributed by atoms with Crippen LogP contribution in [0.4, 0.5) is 16.2 Å². The van der Waals surface area contributed by atoms with Gasteiger partial charge in [-0.2, -0.15) is 0 Å². The minimum atomic E-state index is -0.569. The van der Waals surface area contributed by atoms with Gasteiger partial charge in [-0.15, -0.1) is 0 Å². The second-order valence-electron chi connectivity index (χ2n) is 8.12. The van der Waals surface area contributed by atoms with E-state index in [-0.39, 0.29) is 5.91 Å². The van der Waals surface area contributed by atoms with E-state index in [1.54, 1.807) is 24.3 Å². The molecule has 0 unspecified atom stereocenters. The average molecular weight is 458 g/mol. The van der Waals surface area contributed by atoms with Gasteiger partial charge in [0, 0.05) is 49.4 Å². The number of hydrogen-bond acceptors (Lipinski definition) is 4. The highest BCUT2D eigenvalue weighted by molar-refractivity contribution is 6.30. The van der Waals surface area contributed by atoms with Crippen LogP contribution in [0.1, 0.15) is 36.2 Å². The number of benzene rings is 2. The third-order valence-corrected chi connectivity index (χ3v) is 6.20. The molecule has 0 saturated carbocycles. The van der Waals surface area contributed by atoms with Gasteiger partial charge in [-0.1, -0.05) is 24.6 Å². The second-order valence-corrected chi connectivity index (χ2v) is 8.56. The maximum Gasteiger partial charge on any atom is 0.316 e. The molecule has 0 bridgehead atoms. The molecule has 0 radical (unpaired) electrons. The Kier molecular flexibility index (Phi) is 8.36. The highest BCUT2D eigenvalue weighted by Crippen LogP contribution is 2.24. The predicted molar refractivity (Wildman–Crippen MR) is 131 cm³/mol. The summed E-state index contributed by atoms with van der Waals surface area (Å²) in [4.78, 5) is 28.3. The summed E-state index contributed by atoms with van der Waals surface area (Å²) in [7, 11) is 0. The molecule has 1 aliphatic heterocycles. The number of nitrogens with one attached hydrogen (secondary N) is 2. The van der Waals surface area contributed by atoms with Gasteiger partial charge in [0.25, 0.3) is 5.91 Å². The lowest BCUT2D eigenvalue weighted by atomic mass is 10.1. The van der Waals surface area contributed by atoms with E-state index < -0.39 is 6.03 Å². The van der Waals surface area contributed by atoms with Crippen molar-refractivity contribution >= 4 is 34.9 Å². The molecular weight excluding hydrogens is 426 g/mol. The first kappa shape index (κ1) is 23.9. The Morgan fingerprint density at radius 3 is 2.38 bits per heavy atom. The Morgan fingerprint density at radius 2 is 1.75 bits per heavy atom. The number of aryl methyl sites for hydroxylation is 1. The van der Waals surface area contributed by atoms with Crippen LogP contribution in [0.25, 0.3) is 0 Å². The lowest BCUT2D eigenvalue weighted by Gasteiger charge is -2.38. The summed E-state index contributed by atoms with van der Waals surface area (Å²) in [5, 5.41) is 6.76. The van der Waals surface area contributed by atoms with Crippen LogP contribution < -0.4 is 16.4 Å². The molecule has 7 nitrogen and oxygen atoms in total. The summed E-state index contributed by atoms with van der Waals surface area (Å²) in [5.41, 5.74) is 8.70. The normalized spacial score (nSPS) is 15.3. The van der Waals surface area contributed by atoms with Crippen LogP contribution in [-0.2, 0) is 6.42 Å². The first-order valence-corrected chi connectivity index (χ1v) is 11.5. The summed E-state index contributed by atoms with van der Waals surface area (Å²) in [6, 6.07) is 12.8. The molecule has 3 rings (SSSR count). The third kappa shape index (κ3) is 6.37. The molecular formula is C24H32ClN5O2. The monoisotopic (exact) mass is 457 g/mol. The minimum Gasteiger partial charge on any atom is -0.383 e. The molecule has 0 spiro atoms. The molecule has 2 aromatic carbocycles. The van der Waals surface area contributed by atoms with Crippen LogP contribution >= 0.6 is 11.6 Å². The topological polar surface area (TPSA) is 90.7 Å². The van der Waals surface area contributed by atoms with Crippen LogP contribution in [0, 0.1) is 0 Å². The molecule has 1 fully saturated rings. The number of carbonyl (C=O) groups is 2. The maximum atomic E-state index is 12.7. The van der Waals surface area contributed by atoms with Gasteiger partial charge >= 0.3 is 6.03 Å². The largest absolute Gasteiger partial charge is 0.383 e. The van der Waals surface area contributed by atoms with Gasteiger partial charge in [-0.25, -0.2) is 4.79 Å². The summed E-state index contributed by atoms with van der Waals surface area (Å²) >= 11 is 5.92. The number of halogens is 1. The van der Waals surface area contributed by atoms with Crippen LogP contribution in [-0.4, -0.2) is 60.5 Å². The van der Waals surface area contributed by atoms with Crippen LogP contribution in [0.15, 0.2) is 42.5 Å². The van der Waals surface area contributed by atoms with Crippen molar-refractivity contribution in [1.82, 2.24) is 9.80 Å². The van der Waals surface area contributed by atoms with Gasteiger partial charge in [-0.3, -0.25) is 9.69 Å². The molecule has 172 valence electrons. The Labute approximate surface area is 194 Å². The molecule has 1 atom stereocenters. The predicted octanol–water partition coefficient (Wildman–Crippen LogP) is 4.04. The zero-order chi connectivity index (χ0) is 23.1. The van der Waals surface area contributed by atoms with Crippen LogP contribution in [0.2, 0.25) is 5.02 Å². The number of carbonyl (C=O) groups excluding carboxylic acids is 2. The molecule has 0 aromatic heterocycles. The zero-order valence-corrected chi connectivity index (χ0v) is 19.5. The van der Waals surface area contributed by atoms with Crippen molar-refractivity contribution in [2.75, 3.05) is 43.4 Å². The van der Waals surface area contributed by atoms with Crippen LogP contribution in [0.5, 0.6) is 0 Å². The number of rotatable bonds is 8. The number of piperazine rings is 1. The Morgan fingerprint density at radius 1 is 1.06 bits per heavy atom. The Bertz CT molecular complexity index is 926. The maximum absolute atomic E-state index is 12.7. The number of primary amides is 1. The molecule has 8 heteroatoms. The Balaban J connectivity index is 1.47. The van der Waals surface area contributed by atoms with Crippen molar-refractivity contribution in [1.29, 1.82) is 0 Å². The van der Waals surface area contributed by atoms with Gasteiger partial charge in [0.2, 0.25) is 0 Å². The number of urea groups is 1. The fourth-order valence-electron chi connectivity index (χ4n) is 3.94. The summed E-state index contributed by atoms with van der Waals surface area (Å²) < 4.78 is 0. The lowest BCUT2D eigenvalue weighted by Crippen LogP contribution is -2.51. The first-order chi connectivity index (χ1) is 15.4. The van der Waals surface area contributed by atoms with Gasteiger partial charge in [0.15, 0.2) is 0 Å². The minimum absolute atomic E-state index is 0.0562. The van der Waals surface area contributed by atoms with Crippen molar-refractivity contribution in [3.63, 3.8) is 0 Å². The highest BCUT2D eigenvalue weighted by Gasteiger charge is 2.24. The van der Waals surface area contributed by atoms with Crippen molar-refractivity contribution in [2.24, 2.45) is 5.73 Å². The molecule has 1 aliphatic rings. The second kappa shape index (κ2) is 11.2. The molecule has 2 aromatic rings. The van der Waals surface area contributed by atoms with Crippen LogP contribution in [0.3, 0.4) is 0 Å². The SMILES string of the molecule is CCc1ccc(NCC[C@@H](C)N2CCN(C(=O)c3ccc(Cl)cc3)CC2)c(NC(N)=O)c1. The van der Waals surface area contributed by atoms with E-state index in [2.05, 4.69) is 35.4 Å². The highest BCUT2D eigenvalue weighted by atomic mass is 35.5. The fourth-order valence-corrected chi connectivity index (χ4v) is 4.07. The van der Waals surface area contributed by atoms with Gasteiger partial charge < -0.3 is 21.3 Å². The molecule has 3 amide bonds. The van der Waals surface area contributed by atoms with Gasteiger partial charge in [0.05, 0.1) is 11.4 Å². The van der Waals surface area contributed by atoms with Gasteiger partial charge in [-0.05, 0) is 61.7 Å².